The molecule has 0 unspecified atom stereocenters. The monoisotopic (exact) mass is 142 g/mol. The predicted molar refractivity (Wildman–Crippen MR) is 40.7 cm³/mol. The third kappa shape index (κ3) is 4.27. The molecule has 0 aliphatic rings. The Bertz CT molecular complexity index is 125. The van der Waals surface area contributed by atoms with E-state index >= 15 is 0 Å². The average Bonchev–Trinajstić information content (AvgIpc) is 1.88. The molecule has 2 nitrogen and oxygen atoms in total. The van der Waals surface area contributed by atoms with Crippen LogP contribution in [0.4, 0.5) is 0 Å². The summed E-state index contributed by atoms with van der Waals surface area (Å²) in [6.45, 7) is 3.82. The summed E-state index contributed by atoms with van der Waals surface area (Å²) in [5.41, 5.74) is 0. The van der Waals surface area contributed by atoms with Gasteiger partial charge in [0.2, 0.25) is 0 Å². The summed E-state index contributed by atoms with van der Waals surface area (Å²) in [5, 5.41) is 8.36. The van der Waals surface area contributed by atoms with Crippen LogP contribution in [0.3, 0.4) is 0 Å². The van der Waals surface area contributed by atoms with Gasteiger partial charge in [-0.05, 0) is 12.5 Å². The molecule has 0 amide bonds. The Balaban J connectivity index is 3.56. The Morgan fingerprint density at radius 1 is 1.60 bits per heavy atom. The SMILES string of the molecule is CC(C)C(=O)/C=C/CCO. The van der Waals surface area contributed by atoms with Crippen molar-refractivity contribution in [3.05, 3.63) is 12.2 Å². The lowest BCUT2D eigenvalue weighted by atomic mass is 10.1. The number of hydrogen-bond acceptors (Lipinski definition) is 2. The second kappa shape index (κ2) is 5.18. The first kappa shape index (κ1) is 9.37. The molecular weight excluding hydrogens is 128 g/mol. The van der Waals surface area contributed by atoms with E-state index < -0.39 is 0 Å². The molecule has 0 spiro atoms. The van der Waals surface area contributed by atoms with Crippen LogP contribution in [0.2, 0.25) is 0 Å². The molecule has 0 rings (SSSR count). The molecule has 0 saturated heterocycles. The molecule has 0 heterocycles. The van der Waals surface area contributed by atoms with Crippen molar-refractivity contribution in [1.82, 2.24) is 0 Å². The highest BCUT2D eigenvalue weighted by Crippen LogP contribution is 1.95. The Hall–Kier alpha value is -0.630. The maximum atomic E-state index is 10.8. The minimum atomic E-state index is 0.0648. The average molecular weight is 142 g/mol. The van der Waals surface area contributed by atoms with E-state index in [0.29, 0.717) is 6.42 Å². The predicted octanol–water partition coefficient (Wildman–Crippen LogP) is 1.15. The fourth-order valence-electron chi connectivity index (χ4n) is 0.466. The fourth-order valence-corrected chi connectivity index (χ4v) is 0.466. The highest BCUT2D eigenvalue weighted by atomic mass is 16.2. The van der Waals surface area contributed by atoms with Crippen molar-refractivity contribution in [3.63, 3.8) is 0 Å². The Kier molecular flexibility index (Phi) is 4.85. The summed E-state index contributed by atoms with van der Waals surface area (Å²) in [5.74, 6) is 0.184. The van der Waals surface area contributed by atoms with Crippen LogP contribution in [-0.2, 0) is 4.79 Å². The van der Waals surface area contributed by atoms with Crippen LogP contribution in [-0.4, -0.2) is 17.5 Å². The molecule has 0 aliphatic heterocycles. The molecule has 0 radical (unpaired) electrons. The Morgan fingerprint density at radius 3 is 2.60 bits per heavy atom. The minimum Gasteiger partial charge on any atom is -0.396 e. The first-order valence-corrected chi connectivity index (χ1v) is 3.49. The standard InChI is InChI=1S/C8H14O2/c1-7(2)8(10)5-3-4-6-9/h3,5,7,9H,4,6H2,1-2H3/b5-3+. The van der Waals surface area contributed by atoms with Crippen LogP contribution < -0.4 is 0 Å². The van der Waals surface area contributed by atoms with E-state index in [0.717, 1.165) is 0 Å². The van der Waals surface area contributed by atoms with Crippen molar-refractivity contribution in [2.45, 2.75) is 20.3 Å². The summed E-state index contributed by atoms with van der Waals surface area (Å²) in [6, 6.07) is 0. The lowest BCUT2D eigenvalue weighted by Gasteiger charge is -1.95. The summed E-state index contributed by atoms with van der Waals surface area (Å²) >= 11 is 0. The van der Waals surface area contributed by atoms with Crippen molar-refractivity contribution < 1.29 is 9.90 Å². The highest BCUT2D eigenvalue weighted by Gasteiger charge is 1.99. The third-order valence-electron chi connectivity index (χ3n) is 1.15. The number of carbonyl (C=O) groups excluding carboxylic acids is 1. The summed E-state index contributed by atoms with van der Waals surface area (Å²) in [7, 11) is 0. The maximum absolute atomic E-state index is 10.8. The summed E-state index contributed by atoms with van der Waals surface area (Å²) in [4.78, 5) is 10.8. The van der Waals surface area contributed by atoms with Crippen molar-refractivity contribution in [2.24, 2.45) is 5.92 Å². The normalized spacial score (nSPS) is 11.2. The largest absolute Gasteiger partial charge is 0.396 e. The number of allylic oxidation sites excluding steroid dienone is 1. The molecule has 0 aromatic carbocycles. The minimum absolute atomic E-state index is 0.0648. The van der Waals surface area contributed by atoms with E-state index in [1.165, 1.54) is 6.08 Å². The topological polar surface area (TPSA) is 37.3 Å². The smallest absolute Gasteiger partial charge is 0.157 e. The number of carbonyl (C=O) groups is 1. The molecule has 2 heteroatoms. The molecule has 0 saturated carbocycles. The van der Waals surface area contributed by atoms with Gasteiger partial charge in [-0.1, -0.05) is 19.9 Å². The molecule has 1 N–H and O–H groups in total. The van der Waals surface area contributed by atoms with Gasteiger partial charge in [-0.2, -0.15) is 0 Å². The van der Waals surface area contributed by atoms with Crippen molar-refractivity contribution >= 4 is 5.78 Å². The zero-order chi connectivity index (χ0) is 7.98. The third-order valence-corrected chi connectivity index (χ3v) is 1.15. The van der Waals surface area contributed by atoms with Crippen LogP contribution >= 0.6 is 0 Å². The van der Waals surface area contributed by atoms with Gasteiger partial charge in [-0.25, -0.2) is 0 Å². The van der Waals surface area contributed by atoms with Gasteiger partial charge in [-0.3, -0.25) is 4.79 Å². The van der Waals surface area contributed by atoms with Crippen LogP contribution in [0.5, 0.6) is 0 Å². The molecular formula is C8H14O2. The van der Waals surface area contributed by atoms with Crippen molar-refractivity contribution in [3.8, 4) is 0 Å². The van der Waals surface area contributed by atoms with Gasteiger partial charge in [-0.15, -0.1) is 0 Å². The van der Waals surface area contributed by atoms with E-state index in [-0.39, 0.29) is 18.3 Å². The van der Waals surface area contributed by atoms with Gasteiger partial charge >= 0.3 is 0 Å². The van der Waals surface area contributed by atoms with Crippen LogP contribution in [0.15, 0.2) is 12.2 Å². The number of ketones is 1. The maximum Gasteiger partial charge on any atom is 0.157 e. The van der Waals surface area contributed by atoms with Crippen LogP contribution in [0.1, 0.15) is 20.3 Å². The highest BCUT2D eigenvalue weighted by molar-refractivity contribution is 5.91. The fraction of sp³-hybridized carbons (Fsp3) is 0.625. The second-order valence-corrected chi connectivity index (χ2v) is 2.47. The zero-order valence-corrected chi connectivity index (χ0v) is 6.50. The molecule has 0 aliphatic carbocycles. The molecule has 58 valence electrons. The number of aliphatic hydroxyl groups is 1. The molecule has 0 aromatic heterocycles. The lowest BCUT2D eigenvalue weighted by molar-refractivity contribution is -0.117. The zero-order valence-electron chi connectivity index (χ0n) is 6.50. The van der Waals surface area contributed by atoms with E-state index in [4.69, 9.17) is 5.11 Å². The van der Waals surface area contributed by atoms with Crippen LogP contribution in [0, 0.1) is 5.92 Å². The Labute approximate surface area is 61.6 Å². The van der Waals surface area contributed by atoms with Gasteiger partial charge < -0.3 is 5.11 Å². The van der Waals surface area contributed by atoms with Gasteiger partial charge in [0.1, 0.15) is 0 Å². The first-order chi connectivity index (χ1) is 4.68. The molecule has 0 bridgehead atoms. The van der Waals surface area contributed by atoms with E-state index in [1.807, 2.05) is 13.8 Å². The van der Waals surface area contributed by atoms with E-state index in [1.54, 1.807) is 6.08 Å². The molecule has 10 heavy (non-hydrogen) atoms. The van der Waals surface area contributed by atoms with Gasteiger partial charge in [0.25, 0.3) is 0 Å². The van der Waals surface area contributed by atoms with Gasteiger partial charge in [0, 0.05) is 12.5 Å². The second-order valence-electron chi connectivity index (χ2n) is 2.47. The van der Waals surface area contributed by atoms with E-state index in [2.05, 4.69) is 0 Å². The first-order valence-electron chi connectivity index (χ1n) is 3.49. The van der Waals surface area contributed by atoms with Crippen LogP contribution in [0.25, 0.3) is 0 Å². The number of hydrogen-bond donors (Lipinski definition) is 1. The summed E-state index contributed by atoms with van der Waals surface area (Å²) < 4.78 is 0. The molecule has 0 atom stereocenters. The van der Waals surface area contributed by atoms with Crippen molar-refractivity contribution in [1.29, 1.82) is 0 Å². The molecule has 0 fully saturated rings. The quantitative estimate of drug-likeness (QED) is 0.598. The Morgan fingerprint density at radius 2 is 2.20 bits per heavy atom. The van der Waals surface area contributed by atoms with E-state index in [9.17, 15) is 4.79 Å². The number of aliphatic hydroxyl groups excluding tert-OH is 1. The summed E-state index contributed by atoms with van der Waals surface area (Å²) in [6.07, 6.45) is 3.79. The van der Waals surface area contributed by atoms with Gasteiger partial charge in [0.15, 0.2) is 5.78 Å². The van der Waals surface area contributed by atoms with Crippen molar-refractivity contribution in [2.75, 3.05) is 6.61 Å². The number of rotatable bonds is 4. The van der Waals surface area contributed by atoms with Gasteiger partial charge in [0.05, 0.1) is 0 Å². The molecule has 0 aromatic rings. The lowest BCUT2D eigenvalue weighted by Crippen LogP contribution is -2.01.